The van der Waals surface area contributed by atoms with Gasteiger partial charge in [-0.25, -0.2) is 8.78 Å². The van der Waals surface area contributed by atoms with Crippen LogP contribution in [0.4, 0.5) is 8.78 Å². The maximum atomic E-state index is 13.0. The fourth-order valence-electron chi connectivity index (χ4n) is 2.50. The molecule has 0 radical (unpaired) electrons. The van der Waals surface area contributed by atoms with E-state index in [2.05, 4.69) is 0 Å². The molecule has 2 rings (SSSR count). The van der Waals surface area contributed by atoms with Crippen molar-refractivity contribution in [3.8, 4) is 0 Å². The van der Waals surface area contributed by atoms with Crippen LogP contribution in [0.15, 0.2) is 24.3 Å². The van der Waals surface area contributed by atoms with Gasteiger partial charge in [0.15, 0.2) is 0 Å². The second kappa shape index (κ2) is 5.54. The largest absolute Gasteiger partial charge is 0.392 e. The Balaban J connectivity index is 1.93. The molecule has 18 heavy (non-hydrogen) atoms. The van der Waals surface area contributed by atoms with Gasteiger partial charge in [0, 0.05) is 24.3 Å². The van der Waals surface area contributed by atoms with E-state index in [0.29, 0.717) is 24.3 Å². The van der Waals surface area contributed by atoms with Gasteiger partial charge >= 0.3 is 0 Å². The molecule has 100 valence electrons. The van der Waals surface area contributed by atoms with Crippen molar-refractivity contribution >= 4 is 11.6 Å². The number of hydrogen-bond acceptors (Lipinski definition) is 1. The van der Waals surface area contributed by atoms with E-state index in [-0.39, 0.29) is 18.8 Å². The van der Waals surface area contributed by atoms with Crippen LogP contribution in [0.25, 0.3) is 0 Å². The van der Waals surface area contributed by atoms with Crippen LogP contribution >= 0.6 is 11.6 Å². The van der Waals surface area contributed by atoms with Crippen molar-refractivity contribution < 1.29 is 13.9 Å². The summed E-state index contributed by atoms with van der Waals surface area (Å²) in [6.45, 7) is 0. The predicted molar refractivity (Wildman–Crippen MR) is 68.1 cm³/mol. The first-order valence-electron chi connectivity index (χ1n) is 6.27. The Morgan fingerprint density at radius 3 is 2.50 bits per heavy atom. The van der Waals surface area contributed by atoms with Gasteiger partial charge in [0.25, 0.3) is 0 Å². The summed E-state index contributed by atoms with van der Waals surface area (Å²) in [4.78, 5) is 0. The van der Waals surface area contributed by atoms with E-state index in [1.165, 1.54) is 0 Å². The molecule has 1 aliphatic carbocycles. The summed E-state index contributed by atoms with van der Waals surface area (Å²) >= 11 is 6.02. The number of rotatable bonds is 3. The summed E-state index contributed by atoms with van der Waals surface area (Å²) in [5.74, 6) is -2.58. The second-order valence-corrected chi connectivity index (χ2v) is 5.46. The van der Waals surface area contributed by atoms with Crippen LogP contribution in [0.5, 0.6) is 0 Å². The number of hydrogen-bond donors (Lipinski definition) is 1. The molecular formula is C14H17ClF2O. The summed E-state index contributed by atoms with van der Waals surface area (Å²) < 4.78 is 26.1. The summed E-state index contributed by atoms with van der Waals surface area (Å²) in [6.07, 6.45) is 0.405. The molecule has 1 unspecified atom stereocenters. The van der Waals surface area contributed by atoms with Crippen LogP contribution < -0.4 is 0 Å². The van der Waals surface area contributed by atoms with Crippen molar-refractivity contribution in [1.82, 2.24) is 0 Å². The second-order valence-electron chi connectivity index (χ2n) is 5.06. The highest BCUT2D eigenvalue weighted by molar-refractivity contribution is 6.31. The van der Waals surface area contributed by atoms with Crippen LogP contribution in [-0.2, 0) is 6.42 Å². The molecule has 1 N–H and O–H groups in total. The first-order chi connectivity index (χ1) is 8.48. The van der Waals surface area contributed by atoms with Gasteiger partial charge in [0.1, 0.15) is 0 Å². The zero-order valence-electron chi connectivity index (χ0n) is 10.1. The van der Waals surface area contributed by atoms with Gasteiger partial charge in [0.2, 0.25) is 5.92 Å². The molecule has 1 aliphatic rings. The van der Waals surface area contributed by atoms with Crippen molar-refractivity contribution in [2.24, 2.45) is 5.92 Å². The maximum Gasteiger partial charge on any atom is 0.248 e. The molecule has 0 spiro atoms. The lowest BCUT2D eigenvalue weighted by Crippen LogP contribution is -2.32. The van der Waals surface area contributed by atoms with E-state index in [0.717, 1.165) is 5.56 Å². The van der Waals surface area contributed by atoms with E-state index in [1.54, 1.807) is 6.07 Å². The average molecular weight is 275 g/mol. The highest BCUT2D eigenvalue weighted by atomic mass is 35.5. The topological polar surface area (TPSA) is 20.2 Å². The summed E-state index contributed by atoms with van der Waals surface area (Å²) in [5, 5.41) is 10.7. The fourth-order valence-corrected chi connectivity index (χ4v) is 2.72. The molecule has 0 aliphatic heterocycles. The molecule has 4 heteroatoms. The Bertz CT molecular complexity index is 399. The lowest BCUT2D eigenvalue weighted by atomic mass is 9.81. The van der Waals surface area contributed by atoms with Crippen LogP contribution in [0.3, 0.4) is 0 Å². The lowest BCUT2D eigenvalue weighted by molar-refractivity contribution is -0.0619. The van der Waals surface area contributed by atoms with Crippen LogP contribution in [0.1, 0.15) is 31.2 Å². The zero-order valence-corrected chi connectivity index (χ0v) is 10.8. The molecule has 1 saturated carbocycles. The average Bonchev–Trinajstić information content (AvgIpc) is 2.32. The van der Waals surface area contributed by atoms with Gasteiger partial charge in [-0.1, -0.05) is 29.8 Å². The Kier molecular flexibility index (Phi) is 4.23. The third kappa shape index (κ3) is 3.42. The van der Waals surface area contributed by atoms with Gasteiger partial charge in [-0.3, -0.25) is 0 Å². The molecule has 1 atom stereocenters. The number of aliphatic hydroxyl groups excluding tert-OH is 1. The van der Waals surface area contributed by atoms with E-state index in [1.807, 2.05) is 18.2 Å². The predicted octanol–water partition coefficient (Wildman–Crippen LogP) is 4.07. The minimum Gasteiger partial charge on any atom is -0.392 e. The molecule has 0 amide bonds. The molecule has 0 bridgehead atoms. The summed E-state index contributed by atoms with van der Waals surface area (Å²) in [6, 6.07) is 7.34. The Hall–Kier alpha value is -0.670. The Morgan fingerprint density at radius 1 is 1.28 bits per heavy atom. The molecule has 1 aromatic rings. The number of benzene rings is 1. The Labute approximate surface area is 111 Å². The fraction of sp³-hybridized carbons (Fsp3) is 0.571. The normalized spacial score (nSPS) is 21.8. The number of alkyl halides is 2. The molecule has 0 aromatic heterocycles. The van der Waals surface area contributed by atoms with Gasteiger partial charge in [-0.15, -0.1) is 0 Å². The smallest absolute Gasteiger partial charge is 0.248 e. The van der Waals surface area contributed by atoms with Gasteiger partial charge in [-0.05, 0) is 30.4 Å². The SMILES string of the molecule is OC(Cc1ccccc1Cl)C1CCC(F)(F)CC1. The third-order valence-electron chi connectivity index (χ3n) is 3.69. The van der Waals surface area contributed by atoms with Gasteiger partial charge < -0.3 is 5.11 Å². The van der Waals surface area contributed by atoms with Crippen molar-refractivity contribution in [2.75, 3.05) is 0 Å². The Morgan fingerprint density at radius 2 is 1.89 bits per heavy atom. The minimum absolute atomic E-state index is 0.0408. The van der Waals surface area contributed by atoms with Crippen LogP contribution in [0.2, 0.25) is 5.02 Å². The zero-order chi connectivity index (χ0) is 13.2. The standard InChI is InChI=1S/C14H17ClF2O/c15-12-4-2-1-3-11(12)9-13(18)10-5-7-14(16,17)8-6-10/h1-4,10,13,18H,5-9H2. The van der Waals surface area contributed by atoms with Crippen LogP contribution in [-0.4, -0.2) is 17.1 Å². The van der Waals surface area contributed by atoms with E-state index >= 15 is 0 Å². The third-order valence-corrected chi connectivity index (χ3v) is 4.06. The minimum atomic E-state index is -2.54. The summed E-state index contributed by atoms with van der Waals surface area (Å²) in [7, 11) is 0. The van der Waals surface area contributed by atoms with Gasteiger partial charge in [0.05, 0.1) is 6.10 Å². The van der Waals surface area contributed by atoms with E-state index in [9.17, 15) is 13.9 Å². The van der Waals surface area contributed by atoms with Crippen molar-refractivity contribution in [1.29, 1.82) is 0 Å². The molecule has 0 heterocycles. The summed E-state index contributed by atoms with van der Waals surface area (Å²) in [5.41, 5.74) is 0.879. The van der Waals surface area contributed by atoms with Crippen molar-refractivity contribution in [2.45, 2.75) is 44.1 Å². The van der Waals surface area contributed by atoms with Gasteiger partial charge in [-0.2, -0.15) is 0 Å². The maximum absolute atomic E-state index is 13.0. The first kappa shape index (κ1) is 13.8. The van der Waals surface area contributed by atoms with E-state index < -0.39 is 12.0 Å². The van der Waals surface area contributed by atoms with Crippen LogP contribution in [0, 0.1) is 5.92 Å². The van der Waals surface area contributed by atoms with E-state index in [4.69, 9.17) is 11.6 Å². The van der Waals surface area contributed by atoms with Crippen molar-refractivity contribution in [3.05, 3.63) is 34.9 Å². The molecule has 1 fully saturated rings. The highest BCUT2D eigenvalue weighted by Gasteiger charge is 2.37. The number of halogens is 3. The first-order valence-corrected chi connectivity index (χ1v) is 6.65. The quantitative estimate of drug-likeness (QED) is 0.881. The lowest BCUT2D eigenvalue weighted by Gasteiger charge is -2.31. The molecule has 1 aromatic carbocycles. The molecule has 1 nitrogen and oxygen atoms in total. The number of aliphatic hydroxyl groups is 1. The van der Waals surface area contributed by atoms with Crippen molar-refractivity contribution in [3.63, 3.8) is 0 Å². The monoisotopic (exact) mass is 274 g/mol. The highest BCUT2D eigenvalue weighted by Crippen LogP contribution is 2.38. The molecule has 0 saturated heterocycles. The molecular weight excluding hydrogens is 258 g/mol.